The summed E-state index contributed by atoms with van der Waals surface area (Å²) in [4.78, 5) is 23.0. The van der Waals surface area contributed by atoms with E-state index in [1.807, 2.05) is 10.8 Å². The third kappa shape index (κ3) is 6.58. The standard InChI is InChI=1S/C12H17BrN2O3S/c1-12(2,3)18-11(17)14-5-4-10(16)15-9-7-19-6-8(9)13/h6-7H,4-5H2,1-3H3,(H,14,17)(H,15,16). The lowest BCUT2D eigenvalue weighted by Gasteiger charge is -2.19. The molecule has 0 aliphatic rings. The van der Waals surface area contributed by atoms with Gasteiger partial charge in [-0.05, 0) is 36.7 Å². The van der Waals surface area contributed by atoms with Gasteiger partial charge < -0.3 is 15.4 Å². The number of carbonyl (C=O) groups excluding carboxylic acids is 2. The highest BCUT2D eigenvalue weighted by atomic mass is 79.9. The Morgan fingerprint density at radius 2 is 2.05 bits per heavy atom. The number of ether oxygens (including phenoxy) is 1. The van der Waals surface area contributed by atoms with Crippen LogP contribution in [0.25, 0.3) is 0 Å². The first kappa shape index (κ1) is 16.0. The van der Waals surface area contributed by atoms with E-state index in [2.05, 4.69) is 26.6 Å². The second-order valence-corrected chi connectivity index (χ2v) is 6.46. The smallest absolute Gasteiger partial charge is 0.407 e. The highest BCUT2D eigenvalue weighted by Crippen LogP contribution is 2.26. The number of anilines is 1. The summed E-state index contributed by atoms with van der Waals surface area (Å²) < 4.78 is 5.91. The van der Waals surface area contributed by atoms with Crippen LogP contribution in [-0.4, -0.2) is 24.1 Å². The quantitative estimate of drug-likeness (QED) is 0.876. The van der Waals surface area contributed by atoms with E-state index < -0.39 is 11.7 Å². The van der Waals surface area contributed by atoms with Gasteiger partial charge in [0.1, 0.15) is 5.60 Å². The molecule has 0 spiro atoms. The minimum Gasteiger partial charge on any atom is -0.444 e. The van der Waals surface area contributed by atoms with Crippen molar-refractivity contribution in [2.75, 3.05) is 11.9 Å². The van der Waals surface area contributed by atoms with Crippen molar-refractivity contribution in [3.8, 4) is 0 Å². The van der Waals surface area contributed by atoms with Gasteiger partial charge in [-0.25, -0.2) is 4.79 Å². The summed E-state index contributed by atoms with van der Waals surface area (Å²) in [6.07, 6.45) is -0.321. The second-order valence-electron chi connectivity index (χ2n) is 4.86. The van der Waals surface area contributed by atoms with Crippen LogP contribution in [0.2, 0.25) is 0 Å². The molecule has 0 aliphatic carbocycles. The molecule has 0 aromatic carbocycles. The predicted octanol–water partition coefficient (Wildman–Crippen LogP) is 3.36. The fourth-order valence-corrected chi connectivity index (χ4v) is 2.50. The van der Waals surface area contributed by atoms with E-state index in [9.17, 15) is 9.59 Å². The Labute approximate surface area is 124 Å². The second kappa shape index (κ2) is 6.91. The molecule has 0 atom stereocenters. The van der Waals surface area contributed by atoms with Crippen LogP contribution >= 0.6 is 27.3 Å². The zero-order valence-electron chi connectivity index (χ0n) is 11.1. The van der Waals surface area contributed by atoms with E-state index in [1.165, 1.54) is 11.3 Å². The topological polar surface area (TPSA) is 67.4 Å². The van der Waals surface area contributed by atoms with E-state index >= 15 is 0 Å². The molecule has 1 heterocycles. The minimum absolute atomic E-state index is 0.157. The number of alkyl carbamates (subject to hydrolysis) is 1. The minimum atomic E-state index is -0.534. The maximum atomic E-state index is 11.6. The summed E-state index contributed by atoms with van der Waals surface area (Å²) in [5.41, 5.74) is 0.209. The summed E-state index contributed by atoms with van der Waals surface area (Å²) in [5.74, 6) is -0.157. The van der Waals surface area contributed by atoms with E-state index in [1.54, 1.807) is 20.8 Å². The van der Waals surface area contributed by atoms with Crippen molar-refractivity contribution >= 4 is 45.0 Å². The lowest BCUT2D eigenvalue weighted by molar-refractivity contribution is -0.116. The highest BCUT2D eigenvalue weighted by molar-refractivity contribution is 9.10. The molecule has 2 amide bonds. The van der Waals surface area contributed by atoms with E-state index in [0.717, 1.165) is 10.2 Å². The van der Waals surface area contributed by atoms with Crippen molar-refractivity contribution in [1.29, 1.82) is 0 Å². The lowest BCUT2D eigenvalue weighted by Crippen LogP contribution is -2.34. The zero-order chi connectivity index (χ0) is 14.5. The number of carbonyl (C=O) groups is 2. The molecule has 0 bridgehead atoms. The van der Waals surface area contributed by atoms with Gasteiger partial charge in [-0.1, -0.05) is 0 Å². The van der Waals surface area contributed by atoms with E-state index in [4.69, 9.17) is 4.74 Å². The van der Waals surface area contributed by atoms with Gasteiger partial charge in [0.25, 0.3) is 0 Å². The van der Waals surface area contributed by atoms with Crippen LogP contribution in [-0.2, 0) is 9.53 Å². The van der Waals surface area contributed by atoms with Crippen LogP contribution in [0.1, 0.15) is 27.2 Å². The van der Waals surface area contributed by atoms with Gasteiger partial charge in [0.15, 0.2) is 0 Å². The average molecular weight is 349 g/mol. The molecule has 19 heavy (non-hydrogen) atoms. The Hall–Kier alpha value is -1.08. The maximum absolute atomic E-state index is 11.6. The van der Waals surface area contributed by atoms with Crippen LogP contribution in [0.5, 0.6) is 0 Å². The number of rotatable bonds is 4. The average Bonchev–Trinajstić information content (AvgIpc) is 2.61. The van der Waals surface area contributed by atoms with Crippen molar-refractivity contribution in [2.45, 2.75) is 32.8 Å². The molecule has 0 saturated heterocycles. The first-order chi connectivity index (χ1) is 8.78. The van der Waals surface area contributed by atoms with Gasteiger partial charge in [-0.15, -0.1) is 11.3 Å². The summed E-state index contributed by atoms with van der Waals surface area (Å²) in [7, 11) is 0. The molecule has 0 saturated carbocycles. The SMILES string of the molecule is CC(C)(C)OC(=O)NCCC(=O)Nc1cscc1Br. The van der Waals surface area contributed by atoms with Gasteiger partial charge in [0, 0.05) is 23.7 Å². The van der Waals surface area contributed by atoms with Crippen LogP contribution in [0, 0.1) is 0 Å². The first-order valence-electron chi connectivity index (χ1n) is 5.76. The van der Waals surface area contributed by atoms with E-state index in [0.29, 0.717) is 0 Å². The molecule has 0 unspecified atom stereocenters. The molecular weight excluding hydrogens is 332 g/mol. The first-order valence-corrected chi connectivity index (χ1v) is 7.50. The normalized spacial score (nSPS) is 10.9. The summed E-state index contributed by atoms with van der Waals surface area (Å²) in [5, 5.41) is 9.00. The monoisotopic (exact) mass is 348 g/mol. The van der Waals surface area contributed by atoms with Crippen molar-refractivity contribution in [3.05, 3.63) is 15.2 Å². The van der Waals surface area contributed by atoms with Crippen molar-refractivity contribution < 1.29 is 14.3 Å². The fourth-order valence-electron chi connectivity index (χ4n) is 1.18. The van der Waals surface area contributed by atoms with Crippen LogP contribution in [0.3, 0.4) is 0 Å². The number of amides is 2. The molecule has 7 heteroatoms. The lowest BCUT2D eigenvalue weighted by atomic mass is 10.2. The number of thiophene rings is 1. The van der Waals surface area contributed by atoms with Gasteiger partial charge >= 0.3 is 6.09 Å². The Morgan fingerprint density at radius 1 is 1.37 bits per heavy atom. The van der Waals surface area contributed by atoms with Crippen LogP contribution < -0.4 is 10.6 Å². The van der Waals surface area contributed by atoms with Crippen molar-refractivity contribution in [2.24, 2.45) is 0 Å². The highest BCUT2D eigenvalue weighted by Gasteiger charge is 2.16. The van der Waals surface area contributed by atoms with Gasteiger partial charge in [-0.3, -0.25) is 4.79 Å². The Balaban J connectivity index is 2.24. The molecule has 0 aliphatic heterocycles. The molecule has 0 fully saturated rings. The van der Waals surface area contributed by atoms with Crippen molar-refractivity contribution in [1.82, 2.24) is 5.32 Å². The third-order valence-electron chi connectivity index (χ3n) is 1.91. The molecule has 106 valence electrons. The molecule has 1 rings (SSSR count). The van der Waals surface area contributed by atoms with Crippen molar-refractivity contribution in [3.63, 3.8) is 0 Å². The summed E-state index contributed by atoms with van der Waals surface area (Å²) >= 11 is 4.82. The molecule has 2 N–H and O–H groups in total. The maximum Gasteiger partial charge on any atom is 0.407 e. The van der Waals surface area contributed by atoms with Gasteiger partial charge in [0.2, 0.25) is 5.91 Å². The largest absolute Gasteiger partial charge is 0.444 e. The number of hydrogen-bond donors (Lipinski definition) is 2. The molecule has 1 aromatic rings. The molecular formula is C12H17BrN2O3S. The third-order valence-corrected chi connectivity index (χ3v) is 3.61. The molecule has 0 radical (unpaired) electrons. The fraction of sp³-hybridized carbons (Fsp3) is 0.500. The summed E-state index contributed by atoms with van der Waals surface area (Å²) in [6.45, 7) is 5.59. The molecule has 1 aromatic heterocycles. The predicted molar refractivity (Wildman–Crippen MR) is 79.5 cm³/mol. The van der Waals surface area contributed by atoms with Crippen LogP contribution in [0.15, 0.2) is 15.2 Å². The zero-order valence-corrected chi connectivity index (χ0v) is 13.5. The Morgan fingerprint density at radius 3 is 2.58 bits per heavy atom. The summed E-state index contributed by atoms with van der Waals surface area (Å²) in [6, 6.07) is 0. The number of halogens is 1. The Bertz CT molecular complexity index is 454. The number of nitrogens with one attached hydrogen (secondary N) is 2. The van der Waals surface area contributed by atoms with Gasteiger partial charge in [0.05, 0.1) is 10.2 Å². The molecule has 5 nitrogen and oxygen atoms in total. The Kier molecular flexibility index (Phi) is 5.81. The van der Waals surface area contributed by atoms with Gasteiger partial charge in [-0.2, -0.15) is 0 Å². The number of hydrogen-bond acceptors (Lipinski definition) is 4. The van der Waals surface area contributed by atoms with Crippen LogP contribution in [0.4, 0.5) is 10.5 Å². The van der Waals surface area contributed by atoms with E-state index in [-0.39, 0.29) is 18.9 Å².